The first kappa shape index (κ1) is 13.8. The van der Waals surface area contributed by atoms with Crippen molar-refractivity contribution in [3.63, 3.8) is 0 Å². The van der Waals surface area contributed by atoms with E-state index in [0.717, 1.165) is 16.1 Å². The molecule has 0 saturated heterocycles. The predicted molar refractivity (Wildman–Crippen MR) is 85.0 cm³/mol. The van der Waals surface area contributed by atoms with Crippen LogP contribution in [0.15, 0.2) is 35.4 Å². The molecule has 0 aliphatic carbocycles. The highest BCUT2D eigenvalue weighted by molar-refractivity contribution is 7.98. The molecular formula is C16H15N3OS. The zero-order valence-corrected chi connectivity index (χ0v) is 12.9. The molecule has 0 spiro atoms. The van der Waals surface area contributed by atoms with Gasteiger partial charge in [-0.15, -0.1) is 11.8 Å². The van der Waals surface area contributed by atoms with Crippen molar-refractivity contribution in [1.29, 1.82) is 0 Å². The van der Waals surface area contributed by atoms with Crippen LogP contribution in [-0.2, 0) is 0 Å². The highest BCUT2D eigenvalue weighted by atomic mass is 32.2. The van der Waals surface area contributed by atoms with Gasteiger partial charge in [0.25, 0.3) is 0 Å². The molecule has 1 N–H and O–H groups in total. The van der Waals surface area contributed by atoms with E-state index in [4.69, 9.17) is 0 Å². The van der Waals surface area contributed by atoms with E-state index < -0.39 is 0 Å². The van der Waals surface area contributed by atoms with Crippen molar-refractivity contribution in [3.8, 4) is 0 Å². The number of aromatic nitrogens is 3. The molecule has 3 rings (SSSR count). The summed E-state index contributed by atoms with van der Waals surface area (Å²) in [4.78, 5) is 25.7. The van der Waals surface area contributed by atoms with Crippen molar-refractivity contribution in [2.45, 2.75) is 18.7 Å². The Bertz CT molecular complexity index is 821. The van der Waals surface area contributed by atoms with Gasteiger partial charge in [0.15, 0.2) is 5.78 Å². The SMILES string of the molecule is CSc1ccc(C(=O)c2c(C)[nH]c3cnc(C)nc23)cc1. The number of thioether (sulfide) groups is 1. The van der Waals surface area contributed by atoms with Gasteiger partial charge in [-0.25, -0.2) is 9.97 Å². The number of carbonyl (C=O) groups is 1. The monoisotopic (exact) mass is 297 g/mol. The molecule has 0 saturated carbocycles. The van der Waals surface area contributed by atoms with Crippen LogP contribution in [0.2, 0.25) is 0 Å². The first-order chi connectivity index (χ1) is 10.1. The van der Waals surface area contributed by atoms with Crippen LogP contribution in [0.5, 0.6) is 0 Å². The molecule has 106 valence electrons. The number of rotatable bonds is 3. The normalized spacial score (nSPS) is 11.0. The van der Waals surface area contributed by atoms with E-state index in [9.17, 15) is 4.79 Å². The van der Waals surface area contributed by atoms with E-state index in [-0.39, 0.29) is 5.78 Å². The van der Waals surface area contributed by atoms with Crippen molar-refractivity contribution in [1.82, 2.24) is 15.0 Å². The lowest BCUT2D eigenvalue weighted by Gasteiger charge is -2.03. The Labute approximate surface area is 127 Å². The summed E-state index contributed by atoms with van der Waals surface area (Å²) in [5, 5.41) is 0. The van der Waals surface area contributed by atoms with Crippen LogP contribution in [0.4, 0.5) is 0 Å². The number of aromatic amines is 1. The van der Waals surface area contributed by atoms with Gasteiger partial charge in [0.1, 0.15) is 11.3 Å². The van der Waals surface area contributed by atoms with Crippen LogP contribution >= 0.6 is 11.8 Å². The fourth-order valence-electron chi connectivity index (χ4n) is 2.36. The molecule has 0 aliphatic rings. The van der Waals surface area contributed by atoms with Crippen molar-refractivity contribution in [3.05, 3.63) is 53.1 Å². The Hall–Kier alpha value is -2.14. The van der Waals surface area contributed by atoms with Crippen molar-refractivity contribution in [2.24, 2.45) is 0 Å². The number of H-pyrrole nitrogens is 1. The topological polar surface area (TPSA) is 58.6 Å². The van der Waals surface area contributed by atoms with Crippen LogP contribution in [0.25, 0.3) is 11.0 Å². The van der Waals surface area contributed by atoms with E-state index in [1.807, 2.05) is 44.4 Å². The minimum atomic E-state index is -0.00972. The Morgan fingerprint density at radius 3 is 2.57 bits per heavy atom. The van der Waals surface area contributed by atoms with Gasteiger partial charge in [-0.1, -0.05) is 0 Å². The molecule has 0 fully saturated rings. The molecular weight excluding hydrogens is 282 g/mol. The summed E-state index contributed by atoms with van der Waals surface area (Å²) in [5.74, 6) is 0.651. The van der Waals surface area contributed by atoms with Crippen LogP contribution in [0.1, 0.15) is 27.4 Å². The maximum Gasteiger partial charge on any atom is 0.197 e. The average molecular weight is 297 g/mol. The molecule has 0 amide bonds. The number of carbonyl (C=O) groups excluding carboxylic acids is 1. The number of fused-ring (bicyclic) bond motifs is 1. The Balaban J connectivity index is 2.12. The molecule has 4 nitrogen and oxygen atoms in total. The molecule has 1 aromatic carbocycles. The summed E-state index contributed by atoms with van der Waals surface area (Å²) in [6.45, 7) is 3.71. The number of benzene rings is 1. The van der Waals surface area contributed by atoms with Crippen molar-refractivity contribution in [2.75, 3.05) is 6.26 Å². The second kappa shape index (κ2) is 5.33. The minimum Gasteiger partial charge on any atom is -0.355 e. The lowest BCUT2D eigenvalue weighted by atomic mass is 10.0. The minimum absolute atomic E-state index is 0.00972. The van der Waals surface area contributed by atoms with Crippen LogP contribution in [0, 0.1) is 13.8 Å². The van der Waals surface area contributed by atoms with Gasteiger partial charge >= 0.3 is 0 Å². The zero-order valence-electron chi connectivity index (χ0n) is 12.1. The smallest absolute Gasteiger partial charge is 0.197 e. The molecule has 2 heterocycles. The first-order valence-electron chi connectivity index (χ1n) is 6.61. The summed E-state index contributed by atoms with van der Waals surface area (Å²) < 4.78 is 0. The lowest BCUT2D eigenvalue weighted by molar-refractivity contribution is 0.103. The van der Waals surface area contributed by atoms with E-state index in [1.54, 1.807) is 18.0 Å². The molecule has 2 aromatic heterocycles. The fraction of sp³-hybridized carbons (Fsp3) is 0.188. The maximum atomic E-state index is 12.8. The number of nitrogens with one attached hydrogen (secondary N) is 1. The Morgan fingerprint density at radius 1 is 1.19 bits per heavy atom. The molecule has 21 heavy (non-hydrogen) atoms. The quantitative estimate of drug-likeness (QED) is 0.593. The average Bonchev–Trinajstić information content (AvgIpc) is 2.82. The van der Waals surface area contributed by atoms with Crippen LogP contribution in [-0.4, -0.2) is 27.0 Å². The van der Waals surface area contributed by atoms with Crippen molar-refractivity contribution < 1.29 is 4.79 Å². The highest BCUT2D eigenvalue weighted by Gasteiger charge is 2.19. The standard InChI is InChI=1S/C16H15N3OS/c1-9-14(15-13(18-9)8-17-10(2)19-15)16(20)11-4-6-12(21-3)7-5-11/h4-8,18H,1-3H3. The molecule has 0 unspecified atom stereocenters. The molecule has 0 radical (unpaired) electrons. The number of hydrogen-bond donors (Lipinski definition) is 1. The van der Waals surface area contributed by atoms with E-state index in [0.29, 0.717) is 22.5 Å². The van der Waals surface area contributed by atoms with Gasteiger partial charge in [-0.3, -0.25) is 4.79 Å². The van der Waals surface area contributed by atoms with Crippen LogP contribution < -0.4 is 0 Å². The van der Waals surface area contributed by atoms with Gasteiger partial charge in [-0.2, -0.15) is 0 Å². The largest absolute Gasteiger partial charge is 0.355 e. The third-order valence-corrected chi connectivity index (χ3v) is 4.17. The Kier molecular flexibility index (Phi) is 3.51. The third kappa shape index (κ3) is 2.45. The molecule has 0 bridgehead atoms. The number of nitrogens with zero attached hydrogens (tertiary/aromatic N) is 2. The van der Waals surface area contributed by atoms with E-state index in [2.05, 4.69) is 15.0 Å². The summed E-state index contributed by atoms with van der Waals surface area (Å²) in [6.07, 6.45) is 3.73. The van der Waals surface area contributed by atoms with Crippen molar-refractivity contribution >= 4 is 28.6 Å². The van der Waals surface area contributed by atoms with Crippen LogP contribution in [0.3, 0.4) is 0 Å². The highest BCUT2D eigenvalue weighted by Crippen LogP contribution is 2.24. The first-order valence-corrected chi connectivity index (χ1v) is 7.83. The molecule has 3 aromatic rings. The molecule has 0 aliphatic heterocycles. The summed E-state index contributed by atoms with van der Waals surface area (Å²) in [5.41, 5.74) is 3.62. The Morgan fingerprint density at radius 2 is 1.90 bits per heavy atom. The second-order valence-electron chi connectivity index (χ2n) is 4.86. The summed E-state index contributed by atoms with van der Waals surface area (Å²) in [7, 11) is 0. The number of hydrogen-bond acceptors (Lipinski definition) is 4. The van der Waals surface area contributed by atoms with E-state index >= 15 is 0 Å². The zero-order chi connectivity index (χ0) is 15.0. The maximum absolute atomic E-state index is 12.8. The van der Waals surface area contributed by atoms with Gasteiger partial charge in [0.05, 0.1) is 17.3 Å². The van der Waals surface area contributed by atoms with Gasteiger partial charge in [0.2, 0.25) is 0 Å². The predicted octanol–water partition coefficient (Wildman–Crippen LogP) is 3.53. The van der Waals surface area contributed by atoms with Gasteiger partial charge in [0, 0.05) is 16.2 Å². The van der Waals surface area contributed by atoms with E-state index in [1.165, 1.54) is 0 Å². The number of ketones is 1. The van der Waals surface area contributed by atoms with Gasteiger partial charge in [-0.05, 0) is 44.4 Å². The van der Waals surface area contributed by atoms with Gasteiger partial charge < -0.3 is 4.98 Å². The summed E-state index contributed by atoms with van der Waals surface area (Å²) in [6, 6.07) is 7.64. The fourth-order valence-corrected chi connectivity index (χ4v) is 2.77. The lowest BCUT2D eigenvalue weighted by Crippen LogP contribution is -2.03. The number of aryl methyl sites for hydroxylation is 2. The summed E-state index contributed by atoms with van der Waals surface area (Å²) >= 11 is 1.66. The second-order valence-corrected chi connectivity index (χ2v) is 5.74. The molecule has 0 atom stereocenters. The third-order valence-electron chi connectivity index (χ3n) is 3.42. The molecule has 5 heteroatoms.